The van der Waals surface area contributed by atoms with Crippen molar-refractivity contribution in [2.24, 2.45) is 5.92 Å². The highest BCUT2D eigenvalue weighted by Crippen LogP contribution is 2.22. The van der Waals surface area contributed by atoms with E-state index in [1.54, 1.807) is 19.2 Å². The van der Waals surface area contributed by atoms with Crippen LogP contribution < -0.4 is 5.32 Å². The third-order valence-corrected chi connectivity index (χ3v) is 2.50. The van der Waals surface area contributed by atoms with Crippen molar-refractivity contribution in [1.29, 1.82) is 5.26 Å². The second kappa shape index (κ2) is 6.37. The molecule has 0 saturated carbocycles. The highest BCUT2D eigenvalue weighted by molar-refractivity contribution is 6.33. The van der Waals surface area contributed by atoms with E-state index in [9.17, 15) is 0 Å². The van der Waals surface area contributed by atoms with E-state index < -0.39 is 0 Å². The Morgan fingerprint density at radius 1 is 1.56 bits per heavy atom. The topological polar surface area (TPSA) is 45.0 Å². The van der Waals surface area contributed by atoms with Crippen molar-refractivity contribution < 1.29 is 4.74 Å². The number of rotatable bonds is 5. The third kappa shape index (κ3) is 3.73. The Hall–Kier alpha value is -1.24. The summed E-state index contributed by atoms with van der Waals surface area (Å²) in [6.07, 6.45) is 0. The number of nitriles is 1. The van der Waals surface area contributed by atoms with Crippen molar-refractivity contribution in [3.63, 3.8) is 0 Å². The Morgan fingerprint density at radius 2 is 2.31 bits per heavy atom. The number of anilines is 1. The van der Waals surface area contributed by atoms with Gasteiger partial charge in [0, 0.05) is 13.7 Å². The molecule has 1 rings (SSSR count). The molecule has 1 atom stereocenters. The number of ether oxygens (including phenoxy) is 1. The number of hydrogen-bond donors (Lipinski definition) is 1. The lowest BCUT2D eigenvalue weighted by Gasteiger charge is -2.13. The first-order chi connectivity index (χ1) is 7.67. The van der Waals surface area contributed by atoms with E-state index in [1.807, 2.05) is 12.1 Å². The van der Waals surface area contributed by atoms with Crippen LogP contribution in [0.1, 0.15) is 12.5 Å². The number of hydrogen-bond acceptors (Lipinski definition) is 3. The third-order valence-electron chi connectivity index (χ3n) is 2.19. The fraction of sp³-hybridized carbons (Fsp3) is 0.417. The van der Waals surface area contributed by atoms with Crippen LogP contribution in [0.3, 0.4) is 0 Å². The van der Waals surface area contributed by atoms with Crippen LogP contribution in [-0.4, -0.2) is 20.3 Å². The number of nitrogens with zero attached hydrogens (tertiary/aromatic N) is 1. The van der Waals surface area contributed by atoms with E-state index in [0.717, 1.165) is 12.2 Å². The molecule has 0 aliphatic heterocycles. The number of nitrogens with one attached hydrogen (secondary N) is 1. The van der Waals surface area contributed by atoms with Crippen molar-refractivity contribution in [3.05, 3.63) is 28.8 Å². The van der Waals surface area contributed by atoms with Crippen LogP contribution in [0.25, 0.3) is 0 Å². The first-order valence-electron chi connectivity index (χ1n) is 5.09. The van der Waals surface area contributed by atoms with Crippen LogP contribution in [0.5, 0.6) is 0 Å². The van der Waals surface area contributed by atoms with Gasteiger partial charge in [-0.3, -0.25) is 0 Å². The van der Waals surface area contributed by atoms with Crippen LogP contribution in [-0.2, 0) is 4.74 Å². The summed E-state index contributed by atoms with van der Waals surface area (Å²) in [5.41, 5.74) is 1.42. The van der Waals surface area contributed by atoms with Crippen LogP contribution in [0, 0.1) is 17.2 Å². The largest absolute Gasteiger partial charge is 0.384 e. The van der Waals surface area contributed by atoms with E-state index in [-0.39, 0.29) is 0 Å². The van der Waals surface area contributed by atoms with Gasteiger partial charge in [0.1, 0.15) is 0 Å². The van der Waals surface area contributed by atoms with Crippen LogP contribution in [0.2, 0.25) is 5.02 Å². The molecule has 0 aliphatic carbocycles. The smallest absolute Gasteiger partial charge is 0.0992 e. The highest BCUT2D eigenvalue weighted by Gasteiger charge is 2.04. The predicted octanol–water partition coefficient (Wildman–Crippen LogP) is 2.91. The molecule has 3 nitrogen and oxygen atoms in total. The van der Waals surface area contributed by atoms with Gasteiger partial charge in [-0.25, -0.2) is 0 Å². The zero-order chi connectivity index (χ0) is 12.0. The molecule has 0 fully saturated rings. The van der Waals surface area contributed by atoms with E-state index in [4.69, 9.17) is 21.6 Å². The minimum Gasteiger partial charge on any atom is -0.384 e. The number of benzene rings is 1. The van der Waals surface area contributed by atoms with Gasteiger partial charge in [-0.2, -0.15) is 5.26 Å². The summed E-state index contributed by atoms with van der Waals surface area (Å²) in [6, 6.07) is 7.27. The lowest BCUT2D eigenvalue weighted by atomic mass is 10.2. The zero-order valence-electron chi connectivity index (χ0n) is 9.46. The Bertz CT molecular complexity index is 387. The van der Waals surface area contributed by atoms with Gasteiger partial charge < -0.3 is 10.1 Å². The molecule has 0 spiro atoms. The molecule has 0 heterocycles. The maximum atomic E-state index is 8.70. The molecule has 0 aromatic heterocycles. The standard InChI is InChI=1S/C12H15ClN2O/c1-9(8-16-2)7-15-12-4-3-10(6-14)5-11(12)13/h3-5,9,15H,7-8H2,1-2H3. The Kier molecular flexibility index (Phi) is 5.10. The van der Waals surface area contributed by atoms with Crippen LogP contribution in [0.4, 0.5) is 5.69 Å². The predicted molar refractivity (Wildman–Crippen MR) is 65.7 cm³/mol. The molecule has 1 aromatic rings. The van der Waals surface area contributed by atoms with Gasteiger partial charge in [0.25, 0.3) is 0 Å². The Balaban J connectivity index is 2.58. The van der Waals surface area contributed by atoms with Crippen molar-refractivity contribution in [1.82, 2.24) is 0 Å². The molecule has 0 amide bonds. The van der Waals surface area contributed by atoms with Crippen molar-refractivity contribution in [3.8, 4) is 6.07 Å². The molecule has 0 aliphatic rings. The Labute approximate surface area is 101 Å². The molecule has 1 unspecified atom stereocenters. The van der Waals surface area contributed by atoms with Gasteiger partial charge in [-0.15, -0.1) is 0 Å². The normalized spacial score (nSPS) is 11.9. The van der Waals surface area contributed by atoms with Crippen molar-refractivity contribution in [2.45, 2.75) is 6.92 Å². The minimum absolute atomic E-state index is 0.414. The summed E-state index contributed by atoms with van der Waals surface area (Å²) >= 11 is 6.02. The number of halogens is 1. The van der Waals surface area contributed by atoms with Gasteiger partial charge >= 0.3 is 0 Å². The molecular weight excluding hydrogens is 224 g/mol. The molecule has 0 bridgehead atoms. The van der Waals surface area contributed by atoms with Gasteiger partial charge in [-0.1, -0.05) is 18.5 Å². The fourth-order valence-electron chi connectivity index (χ4n) is 1.36. The lowest BCUT2D eigenvalue weighted by molar-refractivity contribution is 0.164. The maximum absolute atomic E-state index is 8.70. The fourth-order valence-corrected chi connectivity index (χ4v) is 1.60. The molecular formula is C12H15ClN2O. The van der Waals surface area contributed by atoms with Crippen molar-refractivity contribution in [2.75, 3.05) is 25.6 Å². The Morgan fingerprint density at radius 3 is 2.88 bits per heavy atom. The molecule has 86 valence electrons. The van der Waals surface area contributed by atoms with E-state index in [1.165, 1.54) is 0 Å². The van der Waals surface area contributed by atoms with Crippen LogP contribution >= 0.6 is 11.6 Å². The number of methoxy groups -OCH3 is 1. The molecule has 16 heavy (non-hydrogen) atoms. The van der Waals surface area contributed by atoms with Crippen LogP contribution in [0.15, 0.2) is 18.2 Å². The summed E-state index contributed by atoms with van der Waals surface area (Å²) in [4.78, 5) is 0. The quantitative estimate of drug-likeness (QED) is 0.858. The second-order valence-corrected chi connectivity index (χ2v) is 4.16. The second-order valence-electron chi connectivity index (χ2n) is 3.75. The van der Waals surface area contributed by atoms with E-state index >= 15 is 0 Å². The average molecular weight is 239 g/mol. The molecule has 0 radical (unpaired) electrons. The molecule has 1 N–H and O–H groups in total. The summed E-state index contributed by atoms with van der Waals surface area (Å²) < 4.78 is 5.04. The van der Waals surface area contributed by atoms with Crippen molar-refractivity contribution >= 4 is 17.3 Å². The van der Waals surface area contributed by atoms with E-state index in [0.29, 0.717) is 23.1 Å². The molecule has 0 saturated heterocycles. The average Bonchev–Trinajstić information content (AvgIpc) is 2.27. The van der Waals surface area contributed by atoms with Gasteiger partial charge in [0.2, 0.25) is 0 Å². The summed E-state index contributed by atoms with van der Waals surface area (Å²) in [5, 5.41) is 12.5. The molecule has 1 aromatic carbocycles. The van der Waals surface area contributed by atoms with E-state index in [2.05, 4.69) is 12.2 Å². The zero-order valence-corrected chi connectivity index (χ0v) is 10.2. The minimum atomic E-state index is 0.414. The molecule has 4 heteroatoms. The highest BCUT2D eigenvalue weighted by atomic mass is 35.5. The van der Waals surface area contributed by atoms with Gasteiger partial charge in [0.05, 0.1) is 28.9 Å². The first-order valence-corrected chi connectivity index (χ1v) is 5.47. The van der Waals surface area contributed by atoms with Gasteiger partial charge in [0.15, 0.2) is 0 Å². The lowest BCUT2D eigenvalue weighted by Crippen LogP contribution is -2.15. The SMILES string of the molecule is COCC(C)CNc1ccc(C#N)cc1Cl. The maximum Gasteiger partial charge on any atom is 0.0992 e. The first kappa shape index (κ1) is 12.8. The van der Waals surface area contributed by atoms with Gasteiger partial charge in [-0.05, 0) is 24.1 Å². The summed E-state index contributed by atoms with van der Waals surface area (Å²) in [7, 11) is 1.69. The monoisotopic (exact) mass is 238 g/mol. The summed E-state index contributed by atoms with van der Waals surface area (Å²) in [5.74, 6) is 0.414. The summed E-state index contributed by atoms with van der Waals surface area (Å²) in [6.45, 7) is 3.59.